The van der Waals surface area contributed by atoms with Crippen molar-refractivity contribution in [3.05, 3.63) is 0 Å². The van der Waals surface area contributed by atoms with Crippen LogP contribution in [0.5, 0.6) is 0 Å². The molecule has 3 aliphatic rings. The maximum Gasteiger partial charge on any atom is 0.364 e. The Balaban J connectivity index is 1.89. The summed E-state index contributed by atoms with van der Waals surface area (Å²) in [5.41, 5.74) is -0.626. The van der Waals surface area contributed by atoms with Crippen molar-refractivity contribution in [3.63, 3.8) is 0 Å². The van der Waals surface area contributed by atoms with Crippen molar-refractivity contribution >= 4 is 35.4 Å². The molecule has 26 heteroatoms. The van der Waals surface area contributed by atoms with Gasteiger partial charge in [-0.1, -0.05) is 71.6 Å². The Kier molecular flexibility index (Phi) is 23.6. The topological polar surface area (TPSA) is 434 Å². The van der Waals surface area contributed by atoms with E-state index < -0.39 is 164 Å². The Hall–Kier alpha value is -3.58. The molecule has 2 amide bonds. The van der Waals surface area contributed by atoms with Crippen molar-refractivity contribution in [2.45, 2.75) is 207 Å². The van der Waals surface area contributed by atoms with Crippen LogP contribution in [0.3, 0.4) is 0 Å². The van der Waals surface area contributed by atoms with E-state index in [1.165, 1.54) is 39.0 Å². The van der Waals surface area contributed by atoms with E-state index >= 15 is 0 Å². The molecule has 0 aromatic carbocycles. The summed E-state index contributed by atoms with van der Waals surface area (Å²) in [4.78, 5) is 62.8. The fourth-order valence-electron chi connectivity index (χ4n) is 8.64. The van der Waals surface area contributed by atoms with E-state index in [0.29, 0.717) is 6.54 Å². The normalized spacial score (nSPS) is 32.8. The number of nitrogens with one attached hydrogen (secondary N) is 4. The van der Waals surface area contributed by atoms with Gasteiger partial charge in [-0.25, -0.2) is 14.4 Å². The number of ether oxygens (including phenoxy) is 5. The highest BCUT2D eigenvalue weighted by Crippen LogP contribution is 2.39. The maximum absolute atomic E-state index is 13.2. The minimum absolute atomic E-state index is 0.228. The summed E-state index contributed by atoms with van der Waals surface area (Å²) in [7, 11) is 0. The average molecular weight is 999 g/mol. The first-order valence-corrected chi connectivity index (χ1v) is 23.4. The Morgan fingerprint density at radius 1 is 0.696 bits per heavy atom. The highest BCUT2D eigenvalue weighted by Gasteiger charge is 2.61. The van der Waals surface area contributed by atoms with E-state index in [2.05, 4.69) is 22.9 Å². The number of aliphatic hydroxyl groups is 9. The highest BCUT2D eigenvalue weighted by atomic mass is 16.8. The molecular weight excluding hydrogens is 924 g/mol. The lowest BCUT2D eigenvalue weighted by atomic mass is 9.87. The lowest BCUT2D eigenvalue weighted by Crippen LogP contribution is -2.71. The van der Waals surface area contributed by atoms with Crippen LogP contribution in [-0.2, 0) is 47.7 Å². The summed E-state index contributed by atoms with van der Waals surface area (Å²) in [5.74, 6) is -17.3. The predicted octanol–water partition coefficient (Wildman–Crippen LogP) is -3.46. The molecule has 26 nitrogen and oxygen atoms in total. The molecule has 0 aromatic rings. The third kappa shape index (κ3) is 15.7. The third-order valence-electron chi connectivity index (χ3n) is 12.5. The van der Waals surface area contributed by atoms with Crippen molar-refractivity contribution in [2.75, 3.05) is 26.3 Å². The second kappa shape index (κ2) is 27.3. The first-order chi connectivity index (χ1) is 32.5. The van der Waals surface area contributed by atoms with E-state index in [1.807, 2.05) is 0 Å². The minimum Gasteiger partial charge on any atom is -0.477 e. The zero-order valence-corrected chi connectivity index (χ0v) is 39.2. The molecule has 0 bridgehead atoms. The van der Waals surface area contributed by atoms with Gasteiger partial charge in [0.05, 0.1) is 55.4 Å². The fourth-order valence-corrected chi connectivity index (χ4v) is 8.64. The second-order valence-electron chi connectivity index (χ2n) is 17.9. The number of carbonyl (C=O) groups excluding carboxylic acids is 2. The molecule has 398 valence electrons. The summed E-state index contributed by atoms with van der Waals surface area (Å²) in [5, 5.41) is 146. The van der Waals surface area contributed by atoms with Gasteiger partial charge < -0.3 is 106 Å². The molecule has 3 heterocycles. The molecule has 0 spiro atoms. The molecule has 69 heavy (non-hydrogen) atoms. The monoisotopic (exact) mass is 998 g/mol. The largest absolute Gasteiger partial charge is 0.477 e. The van der Waals surface area contributed by atoms with Gasteiger partial charge >= 0.3 is 17.9 Å². The number of carboxylic acid groups (broad SMARTS) is 3. The number of hydrogen-bond donors (Lipinski definition) is 16. The average Bonchev–Trinajstić information content (AvgIpc) is 3.29. The second-order valence-corrected chi connectivity index (χ2v) is 17.9. The molecular formula is C43H74N4O22. The van der Waals surface area contributed by atoms with Gasteiger partial charge in [-0.2, -0.15) is 0 Å². The molecule has 16 N–H and O–H groups in total. The van der Waals surface area contributed by atoms with Crippen molar-refractivity contribution in [1.82, 2.24) is 16.0 Å². The molecule has 16 atom stereocenters. The predicted molar refractivity (Wildman–Crippen MR) is 234 cm³/mol. The number of aliphatic carboxylic acids is 3. The van der Waals surface area contributed by atoms with E-state index in [9.17, 15) is 85.3 Å². The first kappa shape index (κ1) is 59.7. The molecule has 3 rings (SSSR count). The third-order valence-corrected chi connectivity index (χ3v) is 12.5. The van der Waals surface area contributed by atoms with E-state index in [4.69, 9.17) is 29.1 Å². The van der Waals surface area contributed by atoms with Gasteiger partial charge in [-0.15, -0.1) is 0 Å². The van der Waals surface area contributed by atoms with Crippen LogP contribution in [-0.4, -0.2) is 220 Å². The van der Waals surface area contributed by atoms with Gasteiger partial charge in [-0.3, -0.25) is 9.59 Å². The maximum atomic E-state index is 13.2. The van der Waals surface area contributed by atoms with E-state index in [1.54, 1.807) is 0 Å². The van der Waals surface area contributed by atoms with Crippen molar-refractivity contribution in [1.29, 1.82) is 5.41 Å². The van der Waals surface area contributed by atoms with Crippen LogP contribution in [0.25, 0.3) is 0 Å². The number of aliphatic hydroxyl groups excluding tert-OH is 8. The van der Waals surface area contributed by atoms with E-state index in [-0.39, 0.29) is 13.0 Å². The quantitative estimate of drug-likeness (QED) is 0.0311. The molecule has 0 saturated carbocycles. The Bertz CT molecular complexity index is 1700. The Labute approximate surface area is 398 Å². The summed E-state index contributed by atoms with van der Waals surface area (Å²) in [6.07, 6.45) is -16.0. The van der Waals surface area contributed by atoms with Crippen LogP contribution < -0.4 is 16.0 Å². The Morgan fingerprint density at radius 2 is 1.17 bits per heavy atom. The van der Waals surface area contributed by atoms with Gasteiger partial charge in [0, 0.05) is 39.2 Å². The molecule has 0 radical (unpaired) electrons. The SMILES string of the molecule is CCCCCCCCCCCCNCC(O)C1OC(OC(CO)C(O)C2OC(OC(CO)C(O)C3OC(O)(C(=O)O)CC(O)C3NC(C)=O)(C(=O)O)CC(O)C2NC(=O)CC)(C(=O)O)CC(O)C1=N. The number of amides is 2. The van der Waals surface area contributed by atoms with Crippen molar-refractivity contribution in [3.8, 4) is 0 Å². The number of unbranched alkanes of at least 4 members (excludes halogenated alkanes) is 9. The minimum atomic E-state index is -3.29. The smallest absolute Gasteiger partial charge is 0.364 e. The number of carboxylic acids is 3. The molecule has 16 unspecified atom stereocenters. The Morgan fingerprint density at radius 3 is 1.65 bits per heavy atom. The lowest BCUT2D eigenvalue weighted by molar-refractivity contribution is -0.350. The molecule has 0 aliphatic carbocycles. The van der Waals surface area contributed by atoms with Crippen molar-refractivity contribution < 1.29 is 109 Å². The number of carbonyl (C=O) groups is 5. The van der Waals surface area contributed by atoms with E-state index in [0.717, 1.165) is 39.0 Å². The summed E-state index contributed by atoms with van der Waals surface area (Å²) in [6.45, 7) is 2.01. The summed E-state index contributed by atoms with van der Waals surface area (Å²) in [6, 6.07) is -3.55. The molecule has 3 fully saturated rings. The van der Waals surface area contributed by atoms with Crippen LogP contribution in [0.4, 0.5) is 0 Å². The van der Waals surface area contributed by atoms with Crippen LogP contribution in [0.2, 0.25) is 0 Å². The van der Waals surface area contributed by atoms with Crippen LogP contribution in [0, 0.1) is 5.41 Å². The molecule has 3 saturated heterocycles. The zero-order chi connectivity index (χ0) is 51.9. The summed E-state index contributed by atoms with van der Waals surface area (Å²) >= 11 is 0. The zero-order valence-electron chi connectivity index (χ0n) is 39.2. The van der Waals surface area contributed by atoms with Gasteiger partial charge in [-0.05, 0) is 13.0 Å². The highest BCUT2D eigenvalue weighted by molar-refractivity contribution is 5.93. The molecule has 0 aromatic heterocycles. The summed E-state index contributed by atoms with van der Waals surface area (Å²) < 4.78 is 27.9. The fraction of sp³-hybridized carbons (Fsp3) is 0.860. The lowest BCUT2D eigenvalue weighted by Gasteiger charge is -2.50. The van der Waals surface area contributed by atoms with Crippen LogP contribution >= 0.6 is 0 Å². The molecule has 3 aliphatic heterocycles. The van der Waals surface area contributed by atoms with Crippen LogP contribution in [0.15, 0.2) is 0 Å². The van der Waals surface area contributed by atoms with Gasteiger partial charge in [0.25, 0.3) is 17.4 Å². The van der Waals surface area contributed by atoms with Gasteiger partial charge in [0.1, 0.15) is 42.7 Å². The number of hydrogen-bond acceptors (Lipinski definition) is 21. The van der Waals surface area contributed by atoms with Gasteiger partial charge in [0.2, 0.25) is 11.8 Å². The van der Waals surface area contributed by atoms with Crippen molar-refractivity contribution in [2.24, 2.45) is 0 Å². The standard InChI is InChI=1S/C43H74N4O22/c1-4-6-7-8-9-10-11-12-13-14-15-45-19-26(54)35-30(44)23(51)17-42(68-35,39(60)61)65-28(21-49)34(57)37-32(47-29(55)5-2)25(53)18-43(69-37,40(62)63)66-27(20-48)33(56)36-31(46-22(3)50)24(52)16-41(64,67-36)38(58)59/h23-28,31-37,44-45,48-49,51-54,56-57,64H,4-21H2,1-3H3,(H,46,50)(H,47,55)(H,58,59)(H,60,61)(H,62,63). The van der Waals surface area contributed by atoms with Crippen LogP contribution in [0.1, 0.15) is 111 Å². The van der Waals surface area contributed by atoms with Gasteiger partial charge in [0.15, 0.2) is 0 Å². The first-order valence-electron chi connectivity index (χ1n) is 23.4. The number of rotatable bonds is 30.